The Bertz CT molecular complexity index is 1100. The number of rotatable bonds is 4. The fourth-order valence-corrected chi connectivity index (χ4v) is 3.11. The first-order chi connectivity index (χ1) is 12.7. The maximum Gasteiger partial charge on any atom is 0.287 e. The molecule has 5 heteroatoms. The van der Waals surface area contributed by atoms with Crippen LogP contribution in [0, 0.1) is 0 Å². The van der Waals surface area contributed by atoms with E-state index in [9.17, 15) is 4.79 Å². The number of benzene rings is 3. The number of hydrogen-bond acceptors (Lipinski definition) is 2. The highest BCUT2D eigenvalue weighted by Crippen LogP contribution is 2.20. The van der Waals surface area contributed by atoms with Gasteiger partial charge in [-0.1, -0.05) is 60.1 Å². The van der Waals surface area contributed by atoms with Crippen LogP contribution in [0.4, 0.5) is 0 Å². The van der Waals surface area contributed by atoms with E-state index < -0.39 is 0 Å². The molecule has 0 aliphatic heterocycles. The molecule has 0 atom stereocenters. The average molecular weight is 440 g/mol. The number of Topliss-reactive ketones (excluding diaryl/α,β-unsaturated/α-hetero) is 1. The van der Waals surface area contributed by atoms with Gasteiger partial charge in [-0.3, -0.25) is 4.79 Å². The maximum absolute atomic E-state index is 12.6. The molecule has 0 amide bonds. The summed E-state index contributed by atoms with van der Waals surface area (Å²) in [5, 5.41) is 2.87. The SMILES string of the molecule is O=C(C[n+]1ccc(-c2cccc(Cl)c2)nc1)c1ccc2ccccc2c1.[Br-]. The van der Waals surface area contributed by atoms with Gasteiger partial charge in [0, 0.05) is 22.2 Å². The molecule has 0 saturated heterocycles. The van der Waals surface area contributed by atoms with Crippen LogP contribution in [0.2, 0.25) is 5.02 Å². The summed E-state index contributed by atoms with van der Waals surface area (Å²) in [6.45, 7) is 0.251. The number of aromatic nitrogens is 2. The second kappa shape index (κ2) is 8.42. The Morgan fingerprint density at radius 1 is 0.926 bits per heavy atom. The van der Waals surface area contributed by atoms with E-state index in [1.165, 1.54) is 0 Å². The van der Waals surface area contributed by atoms with E-state index in [1.807, 2.05) is 79.0 Å². The molecule has 0 unspecified atom stereocenters. The fourth-order valence-electron chi connectivity index (χ4n) is 2.92. The summed E-state index contributed by atoms with van der Waals surface area (Å²) in [6, 6.07) is 23.2. The smallest absolute Gasteiger partial charge is 0.287 e. The number of ketones is 1. The third-order valence-corrected chi connectivity index (χ3v) is 4.52. The summed E-state index contributed by atoms with van der Waals surface area (Å²) < 4.78 is 1.78. The van der Waals surface area contributed by atoms with Crippen LogP contribution in [0.15, 0.2) is 85.3 Å². The van der Waals surface area contributed by atoms with Gasteiger partial charge in [-0.05, 0) is 34.0 Å². The predicted octanol–water partition coefficient (Wildman–Crippen LogP) is 1.73. The van der Waals surface area contributed by atoms with Gasteiger partial charge >= 0.3 is 0 Å². The lowest BCUT2D eigenvalue weighted by atomic mass is 10.0. The Hall–Kier alpha value is -2.56. The zero-order chi connectivity index (χ0) is 17.9. The molecule has 0 N–H and O–H groups in total. The van der Waals surface area contributed by atoms with Crippen LogP contribution in [-0.4, -0.2) is 10.8 Å². The molecule has 0 aliphatic carbocycles. The quantitative estimate of drug-likeness (QED) is 0.358. The second-order valence-corrected chi connectivity index (χ2v) is 6.55. The summed E-state index contributed by atoms with van der Waals surface area (Å²) in [6.07, 6.45) is 3.54. The van der Waals surface area contributed by atoms with Gasteiger partial charge in [0.25, 0.3) is 6.33 Å². The van der Waals surface area contributed by atoms with Crippen LogP contribution in [0.3, 0.4) is 0 Å². The van der Waals surface area contributed by atoms with E-state index in [2.05, 4.69) is 4.98 Å². The minimum Gasteiger partial charge on any atom is -1.00 e. The van der Waals surface area contributed by atoms with Gasteiger partial charge in [-0.15, -0.1) is 0 Å². The molecule has 0 spiro atoms. The molecular weight excluding hydrogens is 424 g/mol. The van der Waals surface area contributed by atoms with Crippen molar-refractivity contribution < 1.29 is 26.3 Å². The Balaban J connectivity index is 0.00000210. The summed E-state index contributed by atoms with van der Waals surface area (Å²) >= 11 is 6.03. The van der Waals surface area contributed by atoms with Crippen molar-refractivity contribution in [2.75, 3.05) is 0 Å². The normalized spacial score (nSPS) is 10.4. The number of carbonyl (C=O) groups is 1. The van der Waals surface area contributed by atoms with Crippen LogP contribution in [0.25, 0.3) is 22.0 Å². The molecule has 134 valence electrons. The van der Waals surface area contributed by atoms with E-state index in [-0.39, 0.29) is 29.3 Å². The van der Waals surface area contributed by atoms with Gasteiger partial charge in [0.05, 0.1) is 6.20 Å². The topological polar surface area (TPSA) is 33.8 Å². The van der Waals surface area contributed by atoms with Gasteiger partial charge in [-0.2, -0.15) is 0 Å². The lowest BCUT2D eigenvalue weighted by molar-refractivity contribution is -0.686. The van der Waals surface area contributed by atoms with E-state index in [4.69, 9.17) is 11.6 Å². The summed E-state index contributed by atoms with van der Waals surface area (Å²) in [7, 11) is 0. The zero-order valence-electron chi connectivity index (χ0n) is 14.3. The minimum atomic E-state index is 0. The molecule has 4 aromatic rings. The van der Waals surface area contributed by atoms with Crippen molar-refractivity contribution in [3.63, 3.8) is 0 Å². The van der Waals surface area contributed by atoms with Gasteiger partial charge in [0.1, 0.15) is 0 Å². The Morgan fingerprint density at radius 3 is 2.48 bits per heavy atom. The monoisotopic (exact) mass is 438 g/mol. The molecular formula is C22H16BrClN2O. The standard InChI is InChI=1S/C22H16ClN2O.BrH/c23-20-7-3-6-18(13-20)21-10-11-25(15-24-21)14-22(26)19-9-8-16-4-1-2-5-17(16)12-19;/h1-13,15H,14H2;1H/q+1;/p-1. The van der Waals surface area contributed by atoms with E-state index in [1.54, 1.807) is 10.9 Å². The van der Waals surface area contributed by atoms with Crippen molar-refractivity contribution in [1.82, 2.24) is 4.98 Å². The van der Waals surface area contributed by atoms with Crippen LogP contribution in [0.5, 0.6) is 0 Å². The van der Waals surface area contributed by atoms with Gasteiger partial charge < -0.3 is 17.0 Å². The van der Waals surface area contributed by atoms with Crippen molar-refractivity contribution in [3.05, 3.63) is 95.9 Å². The lowest BCUT2D eigenvalue weighted by Gasteiger charge is -2.03. The van der Waals surface area contributed by atoms with Crippen molar-refractivity contribution in [1.29, 1.82) is 0 Å². The van der Waals surface area contributed by atoms with Crippen LogP contribution >= 0.6 is 11.6 Å². The largest absolute Gasteiger partial charge is 1.00 e. The number of fused-ring (bicyclic) bond motifs is 1. The first-order valence-corrected chi connectivity index (χ1v) is 8.70. The second-order valence-electron chi connectivity index (χ2n) is 6.11. The molecule has 0 radical (unpaired) electrons. The molecule has 4 rings (SSSR count). The first kappa shape index (κ1) is 19.2. The number of carbonyl (C=O) groups excluding carboxylic acids is 1. The molecule has 0 fully saturated rings. The maximum atomic E-state index is 12.6. The Kier molecular flexibility index (Phi) is 5.99. The summed E-state index contributed by atoms with van der Waals surface area (Å²) in [5.41, 5.74) is 2.47. The molecule has 0 bridgehead atoms. The molecule has 1 aromatic heterocycles. The minimum absolute atomic E-state index is 0. The van der Waals surface area contributed by atoms with Crippen LogP contribution < -0.4 is 21.5 Å². The van der Waals surface area contributed by atoms with Crippen molar-refractivity contribution in [2.45, 2.75) is 6.54 Å². The number of hydrogen-bond donors (Lipinski definition) is 0. The highest BCUT2D eigenvalue weighted by molar-refractivity contribution is 6.30. The molecule has 3 nitrogen and oxygen atoms in total. The van der Waals surface area contributed by atoms with Crippen molar-refractivity contribution >= 4 is 28.2 Å². The van der Waals surface area contributed by atoms with E-state index in [0.717, 1.165) is 22.0 Å². The molecule has 0 aliphatic rings. The Morgan fingerprint density at radius 2 is 1.74 bits per heavy atom. The van der Waals surface area contributed by atoms with Crippen molar-refractivity contribution in [3.8, 4) is 11.3 Å². The van der Waals surface area contributed by atoms with Crippen LogP contribution in [0.1, 0.15) is 10.4 Å². The van der Waals surface area contributed by atoms with Gasteiger partial charge in [0.15, 0.2) is 12.2 Å². The highest BCUT2D eigenvalue weighted by atomic mass is 79.9. The predicted molar refractivity (Wildman–Crippen MR) is 103 cm³/mol. The third kappa shape index (κ3) is 4.41. The Labute approximate surface area is 173 Å². The zero-order valence-corrected chi connectivity index (χ0v) is 16.7. The highest BCUT2D eigenvalue weighted by Gasteiger charge is 2.12. The average Bonchev–Trinajstić information content (AvgIpc) is 2.68. The van der Waals surface area contributed by atoms with E-state index in [0.29, 0.717) is 10.6 Å². The molecule has 1 heterocycles. The van der Waals surface area contributed by atoms with Gasteiger partial charge in [-0.25, -0.2) is 4.57 Å². The molecule has 0 saturated carbocycles. The fraction of sp³-hybridized carbons (Fsp3) is 0.0455. The lowest BCUT2D eigenvalue weighted by Crippen LogP contribution is -3.00. The number of nitrogens with zero attached hydrogens (tertiary/aromatic N) is 2. The number of halogens is 2. The molecule has 3 aromatic carbocycles. The first-order valence-electron chi connectivity index (χ1n) is 8.32. The van der Waals surface area contributed by atoms with Gasteiger partial charge in [0.2, 0.25) is 5.78 Å². The summed E-state index contributed by atoms with van der Waals surface area (Å²) in [5.74, 6) is 0.0538. The van der Waals surface area contributed by atoms with E-state index >= 15 is 0 Å². The van der Waals surface area contributed by atoms with Crippen LogP contribution in [-0.2, 0) is 6.54 Å². The van der Waals surface area contributed by atoms with Crippen molar-refractivity contribution in [2.24, 2.45) is 0 Å². The third-order valence-electron chi connectivity index (χ3n) is 4.29. The summed E-state index contributed by atoms with van der Waals surface area (Å²) in [4.78, 5) is 17.0. The molecule has 27 heavy (non-hydrogen) atoms.